The zero-order chi connectivity index (χ0) is 22.5. The molecular formula is C25H26BClN2O3. The van der Waals surface area contributed by atoms with Crippen LogP contribution in [0.3, 0.4) is 0 Å². The van der Waals surface area contributed by atoms with Crippen molar-refractivity contribution < 1.29 is 14.6 Å². The summed E-state index contributed by atoms with van der Waals surface area (Å²) >= 11 is 6.29. The molecule has 1 amide bonds. The molecule has 2 atom stereocenters. The molecule has 1 aliphatic rings. The van der Waals surface area contributed by atoms with E-state index in [1.807, 2.05) is 83.8 Å². The van der Waals surface area contributed by atoms with E-state index in [1.54, 1.807) is 6.82 Å². The van der Waals surface area contributed by atoms with Crippen molar-refractivity contribution in [2.75, 3.05) is 6.54 Å². The van der Waals surface area contributed by atoms with Crippen molar-refractivity contribution in [1.82, 2.24) is 10.1 Å². The van der Waals surface area contributed by atoms with Gasteiger partial charge < -0.3 is 19.9 Å². The molecule has 7 heteroatoms. The summed E-state index contributed by atoms with van der Waals surface area (Å²) in [4.78, 5) is 15.0. The van der Waals surface area contributed by atoms with E-state index in [2.05, 4.69) is 5.23 Å². The molecule has 0 radical (unpaired) electrons. The van der Waals surface area contributed by atoms with Crippen LogP contribution in [0, 0.1) is 0 Å². The zero-order valence-corrected chi connectivity index (χ0v) is 18.7. The summed E-state index contributed by atoms with van der Waals surface area (Å²) in [5.41, 5.74) is 2.97. The number of nitrogens with one attached hydrogen (secondary N) is 1. The number of hydrogen-bond donors (Lipinski definition) is 2. The van der Waals surface area contributed by atoms with Gasteiger partial charge in [-0.2, -0.15) is 0 Å². The van der Waals surface area contributed by atoms with Crippen molar-refractivity contribution in [3.8, 4) is 5.75 Å². The van der Waals surface area contributed by atoms with E-state index >= 15 is 0 Å². The lowest BCUT2D eigenvalue weighted by atomic mass is 9.87. The van der Waals surface area contributed by atoms with Crippen LogP contribution in [0.25, 0.3) is 0 Å². The largest absolute Gasteiger partial charge is 0.489 e. The van der Waals surface area contributed by atoms with Gasteiger partial charge in [-0.05, 0) is 54.2 Å². The second kappa shape index (κ2) is 10.2. The number of halogens is 1. The Morgan fingerprint density at radius 3 is 2.53 bits per heavy atom. The summed E-state index contributed by atoms with van der Waals surface area (Å²) in [6.45, 7) is 2.67. The molecule has 3 aromatic rings. The number of ether oxygens (including phenoxy) is 1. The van der Waals surface area contributed by atoms with E-state index in [-0.39, 0.29) is 11.9 Å². The lowest BCUT2D eigenvalue weighted by Crippen LogP contribution is -2.45. The summed E-state index contributed by atoms with van der Waals surface area (Å²) in [6, 6.07) is 24.7. The number of carbonyl (C=O) groups excluding carboxylic acids is 1. The lowest BCUT2D eigenvalue weighted by Gasteiger charge is -2.30. The fourth-order valence-corrected chi connectivity index (χ4v) is 4.35. The number of rotatable bonds is 8. The molecule has 4 rings (SSSR count). The number of amides is 1. The second-order valence-electron chi connectivity index (χ2n) is 8.02. The maximum absolute atomic E-state index is 13.2. The van der Waals surface area contributed by atoms with Crippen LogP contribution in [-0.4, -0.2) is 35.5 Å². The first-order chi connectivity index (χ1) is 15.5. The monoisotopic (exact) mass is 448 g/mol. The Bertz CT molecular complexity index is 1060. The Labute approximate surface area is 194 Å². The molecule has 1 heterocycles. The normalized spacial score (nSPS) is 16.8. The molecule has 32 heavy (non-hydrogen) atoms. The van der Waals surface area contributed by atoms with Gasteiger partial charge >= 0.3 is 7.05 Å². The maximum Gasteiger partial charge on any atom is 0.374 e. The highest BCUT2D eigenvalue weighted by Crippen LogP contribution is 2.35. The maximum atomic E-state index is 13.2. The molecule has 1 unspecified atom stereocenters. The van der Waals surface area contributed by atoms with Crippen LogP contribution in [0.1, 0.15) is 29.2 Å². The average molecular weight is 449 g/mol. The Morgan fingerprint density at radius 2 is 1.81 bits per heavy atom. The van der Waals surface area contributed by atoms with Crippen molar-refractivity contribution >= 4 is 24.6 Å². The van der Waals surface area contributed by atoms with Gasteiger partial charge in [0.2, 0.25) is 5.91 Å². The summed E-state index contributed by atoms with van der Waals surface area (Å²) < 4.78 is 6.03. The molecule has 0 bridgehead atoms. The van der Waals surface area contributed by atoms with Gasteiger partial charge in [-0.25, -0.2) is 0 Å². The van der Waals surface area contributed by atoms with Crippen LogP contribution in [0.5, 0.6) is 5.75 Å². The van der Waals surface area contributed by atoms with Crippen molar-refractivity contribution in [1.29, 1.82) is 0 Å². The van der Waals surface area contributed by atoms with E-state index in [1.165, 1.54) is 0 Å². The smallest absolute Gasteiger partial charge is 0.374 e. The van der Waals surface area contributed by atoms with Crippen molar-refractivity contribution in [3.05, 3.63) is 101 Å². The van der Waals surface area contributed by atoms with Gasteiger partial charge in [0.05, 0.1) is 12.1 Å². The molecule has 164 valence electrons. The first kappa shape index (κ1) is 22.4. The fourth-order valence-electron chi connectivity index (χ4n) is 4.15. The molecule has 5 nitrogen and oxygen atoms in total. The molecular weight excluding hydrogens is 423 g/mol. The van der Waals surface area contributed by atoms with E-state index in [4.69, 9.17) is 16.3 Å². The highest BCUT2D eigenvalue weighted by molar-refractivity contribution is 6.46. The third-order valence-electron chi connectivity index (χ3n) is 5.58. The molecule has 0 aliphatic carbocycles. The predicted octanol–water partition coefficient (Wildman–Crippen LogP) is 4.31. The van der Waals surface area contributed by atoms with Gasteiger partial charge in [-0.15, -0.1) is 0 Å². The predicted molar refractivity (Wildman–Crippen MR) is 128 cm³/mol. The summed E-state index contributed by atoms with van der Waals surface area (Å²) in [5.74, 6) is 0.704. The summed E-state index contributed by atoms with van der Waals surface area (Å²) in [6.07, 6.45) is 0.630. The van der Waals surface area contributed by atoms with Crippen LogP contribution in [0.4, 0.5) is 0 Å². The highest BCUT2D eigenvalue weighted by atomic mass is 35.5. The zero-order valence-electron chi connectivity index (χ0n) is 17.9. The topological polar surface area (TPSA) is 61.8 Å². The first-order valence-corrected chi connectivity index (χ1v) is 11.2. The van der Waals surface area contributed by atoms with Crippen LogP contribution in [-0.2, 0) is 11.4 Å². The minimum atomic E-state index is -0.747. The van der Waals surface area contributed by atoms with Crippen LogP contribution in [0.2, 0.25) is 11.8 Å². The Balaban J connectivity index is 1.63. The summed E-state index contributed by atoms with van der Waals surface area (Å²) in [5, 5.41) is 13.3. The minimum absolute atomic E-state index is 0.0357. The third kappa shape index (κ3) is 5.33. The SMILES string of the molecule is CB(O)N[C@H]1CCN(C(c2cccc(Cl)c2)c2cccc(OCc3ccccc3)c2)C1=O. The third-order valence-corrected chi connectivity index (χ3v) is 5.82. The van der Waals surface area contributed by atoms with Gasteiger partial charge in [-0.1, -0.05) is 66.2 Å². The fraction of sp³-hybridized carbons (Fsp3) is 0.240. The van der Waals surface area contributed by atoms with E-state index in [0.717, 1.165) is 22.4 Å². The lowest BCUT2D eigenvalue weighted by molar-refractivity contribution is -0.130. The van der Waals surface area contributed by atoms with Crippen molar-refractivity contribution in [2.45, 2.75) is 31.9 Å². The van der Waals surface area contributed by atoms with Crippen LogP contribution < -0.4 is 9.96 Å². The van der Waals surface area contributed by atoms with Gasteiger partial charge in [0.15, 0.2) is 0 Å². The number of likely N-dealkylation sites (tertiary alicyclic amines) is 1. The van der Waals surface area contributed by atoms with E-state index in [0.29, 0.717) is 24.6 Å². The summed E-state index contributed by atoms with van der Waals surface area (Å²) in [7, 11) is -0.747. The molecule has 1 fully saturated rings. The number of carbonyl (C=O) groups is 1. The van der Waals surface area contributed by atoms with E-state index < -0.39 is 13.1 Å². The number of benzene rings is 3. The first-order valence-electron chi connectivity index (χ1n) is 10.8. The Morgan fingerprint density at radius 1 is 1.09 bits per heavy atom. The Kier molecular flexibility index (Phi) is 7.15. The van der Waals surface area contributed by atoms with Crippen molar-refractivity contribution in [2.24, 2.45) is 0 Å². The molecule has 1 aliphatic heterocycles. The highest BCUT2D eigenvalue weighted by Gasteiger charge is 2.38. The van der Waals surface area contributed by atoms with Gasteiger partial charge in [0, 0.05) is 11.6 Å². The van der Waals surface area contributed by atoms with Crippen LogP contribution in [0.15, 0.2) is 78.9 Å². The molecule has 2 N–H and O–H groups in total. The van der Waals surface area contributed by atoms with Gasteiger partial charge in [-0.3, -0.25) is 4.79 Å². The molecule has 3 aromatic carbocycles. The minimum Gasteiger partial charge on any atom is -0.489 e. The van der Waals surface area contributed by atoms with Crippen molar-refractivity contribution in [3.63, 3.8) is 0 Å². The quantitative estimate of drug-likeness (QED) is 0.504. The number of hydrogen-bond acceptors (Lipinski definition) is 4. The van der Waals surface area contributed by atoms with Crippen LogP contribution >= 0.6 is 11.6 Å². The molecule has 0 saturated carbocycles. The second-order valence-corrected chi connectivity index (χ2v) is 8.46. The Hall–Kier alpha value is -2.80. The molecule has 0 aromatic heterocycles. The molecule has 0 spiro atoms. The van der Waals surface area contributed by atoms with Gasteiger partial charge in [0.1, 0.15) is 12.4 Å². The van der Waals surface area contributed by atoms with Gasteiger partial charge in [0.25, 0.3) is 0 Å². The average Bonchev–Trinajstić information content (AvgIpc) is 3.13. The molecule has 1 saturated heterocycles. The number of nitrogens with zero attached hydrogens (tertiary/aromatic N) is 1. The van der Waals surface area contributed by atoms with E-state index in [9.17, 15) is 9.82 Å². The standard InChI is InChI=1S/C25H26BClN2O3/c1-26(31)28-23-13-14-29(25(23)30)24(19-9-5-11-21(27)15-19)20-10-6-12-22(16-20)32-17-18-7-3-2-4-8-18/h2-12,15-16,23-24,28,31H,13-14,17H2,1H3/t23-,24?/m0/s1.